The van der Waals surface area contributed by atoms with E-state index < -0.39 is 10.0 Å². The van der Waals surface area contributed by atoms with Crippen LogP contribution in [0.1, 0.15) is 15.2 Å². The molecule has 1 aliphatic heterocycles. The Bertz CT molecular complexity index is 1200. The lowest BCUT2D eigenvalue weighted by Crippen LogP contribution is -2.40. The van der Waals surface area contributed by atoms with Gasteiger partial charge in [-0.3, -0.25) is 4.79 Å². The molecule has 31 heavy (non-hydrogen) atoms. The normalized spacial score (nSPS) is 15.0. The van der Waals surface area contributed by atoms with Gasteiger partial charge in [0.2, 0.25) is 10.0 Å². The van der Waals surface area contributed by atoms with E-state index in [-0.39, 0.29) is 28.9 Å². The number of aryl methyl sites for hydroxylation is 1. The van der Waals surface area contributed by atoms with Gasteiger partial charge in [0, 0.05) is 24.3 Å². The fourth-order valence-electron chi connectivity index (χ4n) is 3.34. The number of thiophene rings is 1. The number of halogens is 1. The molecule has 1 N–H and O–H groups in total. The van der Waals surface area contributed by atoms with Crippen molar-refractivity contribution in [1.82, 2.24) is 4.31 Å². The van der Waals surface area contributed by atoms with Crippen LogP contribution in [0.15, 0.2) is 58.8 Å². The van der Waals surface area contributed by atoms with Gasteiger partial charge in [0.05, 0.1) is 23.1 Å². The highest BCUT2D eigenvalue weighted by molar-refractivity contribution is 7.89. The van der Waals surface area contributed by atoms with E-state index >= 15 is 0 Å². The van der Waals surface area contributed by atoms with Crippen LogP contribution in [0.4, 0.5) is 5.69 Å². The summed E-state index contributed by atoms with van der Waals surface area (Å²) in [6.07, 6.45) is 0. The van der Waals surface area contributed by atoms with Crippen LogP contribution in [0.2, 0.25) is 5.02 Å². The van der Waals surface area contributed by atoms with E-state index in [9.17, 15) is 13.2 Å². The number of amides is 1. The van der Waals surface area contributed by atoms with Crippen molar-refractivity contribution in [2.75, 3.05) is 31.6 Å². The average Bonchev–Trinajstić information content (AvgIpc) is 3.26. The van der Waals surface area contributed by atoms with Gasteiger partial charge in [0.25, 0.3) is 5.91 Å². The van der Waals surface area contributed by atoms with E-state index in [0.29, 0.717) is 23.8 Å². The fourth-order valence-corrected chi connectivity index (χ4v) is 6.06. The second-order valence-electron chi connectivity index (χ2n) is 7.15. The van der Waals surface area contributed by atoms with Gasteiger partial charge in [-0.15, -0.1) is 11.3 Å². The van der Waals surface area contributed by atoms with Crippen LogP contribution in [0.3, 0.4) is 0 Å². The van der Waals surface area contributed by atoms with Crippen molar-refractivity contribution < 1.29 is 17.9 Å². The largest absolute Gasteiger partial charge is 0.379 e. The smallest absolute Gasteiger partial charge is 0.266 e. The number of benzene rings is 2. The number of hydrogen-bond acceptors (Lipinski definition) is 5. The molecule has 0 aliphatic carbocycles. The van der Waals surface area contributed by atoms with E-state index in [1.807, 2.05) is 42.6 Å². The molecule has 3 aromatic rings. The van der Waals surface area contributed by atoms with Crippen LogP contribution in [0, 0.1) is 6.92 Å². The van der Waals surface area contributed by atoms with Crippen molar-refractivity contribution in [3.63, 3.8) is 0 Å². The summed E-state index contributed by atoms with van der Waals surface area (Å²) in [5, 5.41) is 4.79. The summed E-state index contributed by atoms with van der Waals surface area (Å²) in [5.74, 6) is -0.303. The maximum Gasteiger partial charge on any atom is 0.266 e. The summed E-state index contributed by atoms with van der Waals surface area (Å²) in [4.78, 5) is 13.5. The number of hydrogen-bond donors (Lipinski definition) is 1. The zero-order valence-corrected chi connectivity index (χ0v) is 19.2. The summed E-state index contributed by atoms with van der Waals surface area (Å²) in [6.45, 7) is 3.23. The monoisotopic (exact) mass is 476 g/mol. The number of carbonyl (C=O) groups is 1. The third-order valence-electron chi connectivity index (χ3n) is 5.01. The molecular weight excluding hydrogens is 456 g/mol. The lowest BCUT2D eigenvalue weighted by Gasteiger charge is -2.26. The lowest BCUT2D eigenvalue weighted by molar-refractivity contribution is 0.0730. The number of sulfonamides is 1. The average molecular weight is 477 g/mol. The maximum atomic E-state index is 13.0. The minimum Gasteiger partial charge on any atom is -0.379 e. The molecule has 0 spiro atoms. The van der Waals surface area contributed by atoms with Gasteiger partial charge < -0.3 is 10.1 Å². The van der Waals surface area contributed by atoms with Gasteiger partial charge in [-0.05, 0) is 42.1 Å². The molecule has 0 atom stereocenters. The van der Waals surface area contributed by atoms with Gasteiger partial charge in [-0.25, -0.2) is 8.42 Å². The Morgan fingerprint density at radius 1 is 1.10 bits per heavy atom. The van der Waals surface area contributed by atoms with Crippen LogP contribution >= 0.6 is 22.9 Å². The Morgan fingerprint density at radius 2 is 1.81 bits per heavy atom. The number of nitrogens with one attached hydrogen (secondary N) is 1. The molecule has 0 radical (unpaired) electrons. The maximum absolute atomic E-state index is 13.0. The quantitative estimate of drug-likeness (QED) is 0.581. The van der Waals surface area contributed by atoms with Crippen molar-refractivity contribution in [3.05, 3.63) is 69.4 Å². The van der Waals surface area contributed by atoms with E-state index in [1.165, 1.54) is 27.8 Å². The predicted molar refractivity (Wildman–Crippen MR) is 123 cm³/mol. The number of ether oxygens (including phenoxy) is 1. The summed E-state index contributed by atoms with van der Waals surface area (Å²) < 4.78 is 32.6. The minimum absolute atomic E-state index is 0.0289. The molecule has 1 aliphatic rings. The Labute approximate surface area is 190 Å². The van der Waals surface area contributed by atoms with Crippen molar-refractivity contribution in [1.29, 1.82) is 0 Å². The molecule has 9 heteroatoms. The van der Waals surface area contributed by atoms with E-state index in [1.54, 1.807) is 6.07 Å². The molecule has 0 bridgehead atoms. The van der Waals surface area contributed by atoms with Crippen LogP contribution in [-0.4, -0.2) is 44.9 Å². The molecule has 4 rings (SSSR count). The molecule has 6 nitrogen and oxygen atoms in total. The standard InChI is InChI=1S/C22H21ClN2O4S2/c1-15-2-4-16(5-3-15)18-8-13-30-21(18)22(26)24-17-6-7-19(23)20(14-17)31(27,28)25-9-11-29-12-10-25/h2-8,13-14H,9-12H2,1H3,(H,24,26). The van der Waals surface area contributed by atoms with Gasteiger partial charge in [0.1, 0.15) is 4.90 Å². The number of morpholine rings is 1. The Balaban J connectivity index is 1.60. The van der Waals surface area contributed by atoms with Gasteiger partial charge >= 0.3 is 0 Å². The minimum atomic E-state index is -3.79. The number of carbonyl (C=O) groups excluding carboxylic acids is 1. The van der Waals surface area contributed by atoms with Gasteiger partial charge in [-0.2, -0.15) is 4.31 Å². The third-order valence-corrected chi connectivity index (χ3v) is 8.30. The molecule has 2 heterocycles. The summed E-state index contributed by atoms with van der Waals surface area (Å²) in [6, 6.07) is 14.3. The molecule has 162 valence electrons. The van der Waals surface area contributed by atoms with E-state index in [4.69, 9.17) is 16.3 Å². The van der Waals surface area contributed by atoms with Crippen LogP contribution in [0.25, 0.3) is 11.1 Å². The second-order valence-corrected chi connectivity index (χ2v) is 10.4. The Hall–Kier alpha value is -2.23. The number of rotatable bonds is 5. The third kappa shape index (κ3) is 4.68. The van der Waals surface area contributed by atoms with Crippen molar-refractivity contribution in [2.45, 2.75) is 11.8 Å². The highest BCUT2D eigenvalue weighted by atomic mass is 35.5. The fraction of sp³-hybridized carbons (Fsp3) is 0.227. The first kappa shape index (κ1) is 22.0. The topological polar surface area (TPSA) is 75.7 Å². The first-order valence-corrected chi connectivity index (χ1v) is 12.4. The molecule has 0 unspecified atom stereocenters. The zero-order valence-electron chi connectivity index (χ0n) is 16.8. The van der Waals surface area contributed by atoms with E-state index in [2.05, 4.69) is 5.32 Å². The highest BCUT2D eigenvalue weighted by Crippen LogP contribution is 2.31. The SMILES string of the molecule is Cc1ccc(-c2ccsc2C(=O)Nc2ccc(Cl)c(S(=O)(=O)N3CCOCC3)c2)cc1. The summed E-state index contributed by atoms with van der Waals surface area (Å²) in [7, 11) is -3.79. The molecule has 2 aromatic carbocycles. The van der Waals surface area contributed by atoms with Crippen LogP contribution in [0.5, 0.6) is 0 Å². The summed E-state index contributed by atoms with van der Waals surface area (Å²) >= 11 is 7.54. The predicted octanol–water partition coefficient (Wildman–Crippen LogP) is 4.65. The van der Waals surface area contributed by atoms with Gasteiger partial charge in [0.15, 0.2) is 0 Å². The molecular formula is C22H21ClN2O4S2. The summed E-state index contributed by atoms with van der Waals surface area (Å²) in [5.41, 5.74) is 3.28. The van der Waals surface area contributed by atoms with Crippen molar-refractivity contribution >= 4 is 44.6 Å². The molecule has 1 aromatic heterocycles. The molecule has 1 fully saturated rings. The number of nitrogens with zero attached hydrogens (tertiary/aromatic N) is 1. The first-order valence-electron chi connectivity index (χ1n) is 9.69. The second kappa shape index (κ2) is 9.10. The van der Waals surface area contributed by atoms with Crippen molar-refractivity contribution in [3.8, 4) is 11.1 Å². The Morgan fingerprint density at radius 3 is 2.52 bits per heavy atom. The Kier molecular flexibility index (Phi) is 6.45. The molecule has 0 saturated carbocycles. The van der Waals surface area contributed by atoms with Crippen LogP contribution < -0.4 is 5.32 Å². The zero-order chi connectivity index (χ0) is 22.0. The number of anilines is 1. The molecule has 1 amide bonds. The van der Waals surface area contributed by atoms with Crippen molar-refractivity contribution in [2.24, 2.45) is 0 Å². The molecule has 1 saturated heterocycles. The van der Waals surface area contributed by atoms with E-state index in [0.717, 1.165) is 16.7 Å². The van der Waals surface area contributed by atoms with Crippen LogP contribution in [-0.2, 0) is 14.8 Å². The first-order chi connectivity index (χ1) is 14.9. The highest BCUT2D eigenvalue weighted by Gasteiger charge is 2.29. The lowest BCUT2D eigenvalue weighted by atomic mass is 10.0. The van der Waals surface area contributed by atoms with Gasteiger partial charge in [-0.1, -0.05) is 41.4 Å².